The number of hydrogen-bond donors (Lipinski definition) is 2. The first kappa shape index (κ1) is 19.6. The predicted octanol–water partition coefficient (Wildman–Crippen LogP) is 0.597. The SMILES string of the molecule is CN1CCN(CCCOc2ccccc2CN2CC[C@@H](N)[C@H](O)C2)CC1. The van der Waals surface area contributed by atoms with Gasteiger partial charge < -0.3 is 25.4 Å². The third kappa shape index (κ3) is 5.66. The van der Waals surface area contributed by atoms with Gasteiger partial charge in [0.15, 0.2) is 0 Å². The Labute approximate surface area is 157 Å². The monoisotopic (exact) mass is 362 g/mol. The van der Waals surface area contributed by atoms with Crippen LogP contribution in [0, 0.1) is 0 Å². The van der Waals surface area contributed by atoms with E-state index in [4.69, 9.17) is 10.5 Å². The van der Waals surface area contributed by atoms with Crippen molar-refractivity contribution in [2.45, 2.75) is 31.5 Å². The number of para-hydroxylation sites is 1. The van der Waals surface area contributed by atoms with Gasteiger partial charge in [0.05, 0.1) is 12.7 Å². The van der Waals surface area contributed by atoms with Crippen LogP contribution in [0.3, 0.4) is 0 Å². The highest BCUT2D eigenvalue weighted by molar-refractivity contribution is 5.33. The molecule has 0 aromatic heterocycles. The van der Waals surface area contributed by atoms with Crippen molar-refractivity contribution >= 4 is 0 Å². The molecule has 2 fully saturated rings. The lowest BCUT2D eigenvalue weighted by molar-refractivity contribution is 0.0495. The quantitative estimate of drug-likeness (QED) is 0.693. The second-order valence-electron chi connectivity index (χ2n) is 7.71. The Balaban J connectivity index is 1.43. The number of ether oxygens (including phenoxy) is 1. The molecule has 0 unspecified atom stereocenters. The van der Waals surface area contributed by atoms with Crippen molar-refractivity contribution in [1.29, 1.82) is 0 Å². The lowest BCUT2D eigenvalue weighted by Gasteiger charge is -2.34. The molecule has 26 heavy (non-hydrogen) atoms. The van der Waals surface area contributed by atoms with Gasteiger partial charge in [-0.15, -0.1) is 0 Å². The van der Waals surface area contributed by atoms with Gasteiger partial charge in [-0.1, -0.05) is 18.2 Å². The summed E-state index contributed by atoms with van der Waals surface area (Å²) < 4.78 is 6.09. The van der Waals surface area contributed by atoms with Crippen molar-refractivity contribution in [2.24, 2.45) is 5.73 Å². The minimum atomic E-state index is -0.430. The highest BCUT2D eigenvalue weighted by Crippen LogP contribution is 2.22. The van der Waals surface area contributed by atoms with Gasteiger partial charge in [0.2, 0.25) is 0 Å². The van der Waals surface area contributed by atoms with Crippen molar-refractivity contribution < 1.29 is 9.84 Å². The van der Waals surface area contributed by atoms with Crippen LogP contribution in [0.1, 0.15) is 18.4 Å². The Morgan fingerprint density at radius 2 is 1.88 bits per heavy atom. The van der Waals surface area contributed by atoms with Crippen molar-refractivity contribution in [1.82, 2.24) is 14.7 Å². The summed E-state index contributed by atoms with van der Waals surface area (Å²) in [5, 5.41) is 10.0. The predicted molar refractivity (Wildman–Crippen MR) is 104 cm³/mol. The van der Waals surface area contributed by atoms with Crippen LogP contribution in [0.2, 0.25) is 0 Å². The lowest BCUT2D eigenvalue weighted by Crippen LogP contribution is -2.50. The smallest absolute Gasteiger partial charge is 0.123 e. The van der Waals surface area contributed by atoms with E-state index in [2.05, 4.69) is 39.9 Å². The van der Waals surface area contributed by atoms with Gasteiger partial charge >= 0.3 is 0 Å². The minimum absolute atomic E-state index is 0.0904. The number of likely N-dealkylation sites (tertiary alicyclic amines) is 1. The number of hydrogen-bond acceptors (Lipinski definition) is 6. The maximum absolute atomic E-state index is 10.0. The Morgan fingerprint density at radius 1 is 1.12 bits per heavy atom. The standard InChI is InChI=1S/C20H34N4O2/c1-22-10-12-23(13-11-22)8-4-14-26-20-6-3-2-5-17(20)15-24-9-7-18(21)19(25)16-24/h2-3,5-6,18-19,25H,4,7-16,21H2,1H3/t18-,19-/m1/s1. The molecule has 2 heterocycles. The fourth-order valence-corrected chi connectivity index (χ4v) is 3.72. The Bertz CT molecular complexity index is 548. The molecule has 0 radical (unpaired) electrons. The number of aliphatic hydroxyl groups is 1. The topological polar surface area (TPSA) is 65.2 Å². The molecule has 0 bridgehead atoms. The third-order valence-corrected chi connectivity index (χ3v) is 5.56. The molecule has 0 amide bonds. The molecule has 2 saturated heterocycles. The first-order valence-electron chi connectivity index (χ1n) is 9.89. The number of β-amino-alcohol motifs (C(OH)–C–C–N with tert-alkyl or cyclic N) is 1. The summed E-state index contributed by atoms with van der Waals surface area (Å²) in [4.78, 5) is 7.17. The number of piperazine rings is 1. The van der Waals surface area contributed by atoms with Gasteiger partial charge in [-0.2, -0.15) is 0 Å². The van der Waals surface area contributed by atoms with E-state index in [0.717, 1.165) is 71.0 Å². The zero-order chi connectivity index (χ0) is 18.4. The number of piperidine rings is 1. The highest BCUT2D eigenvalue weighted by Gasteiger charge is 2.25. The molecule has 2 atom stereocenters. The van der Waals surface area contributed by atoms with E-state index < -0.39 is 6.10 Å². The summed E-state index contributed by atoms with van der Waals surface area (Å²) in [6.45, 7) is 8.86. The molecule has 3 N–H and O–H groups in total. The van der Waals surface area contributed by atoms with E-state index in [1.54, 1.807) is 0 Å². The van der Waals surface area contributed by atoms with Crippen molar-refractivity contribution in [3.63, 3.8) is 0 Å². The lowest BCUT2D eigenvalue weighted by atomic mass is 10.0. The van der Waals surface area contributed by atoms with Crippen LogP contribution < -0.4 is 10.5 Å². The molecule has 0 spiro atoms. The fraction of sp³-hybridized carbons (Fsp3) is 0.700. The number of likely N-dealkylation sites (N-methyl/N-ethyl adjacent to an activating group) is 1. The summed E-state index contributed by atoms with van der Waals surface area (Å²) in [5.41, 5.74) is 7.10. The van der Waals surface area contributed by atoms with Crippen molar-refractivity contribution in [3.8, 4) is 5.75 Å². The molecule has 146 valence electrons. The zero-order valence-electron chi connectivity index (χ0n) is 16.0. The average Bonchev–Trinajstić information content (AvgIpc) is 2.64. The van der Waals surface area contributed by atoms with Crippen LogP contribution in [-0.2, 0) is 6.54 Å². The fourth-order valence-electron chi connectivity index (χ4n) is 3.72. The Kier molecular flexibility index (Phi) is 7.28. The summed E-state index contributed by atoms with van der Waals surface area (Å²) in [6, 6.07) is 8.17. The molecule has 2 aliphatic heterocycles. The van der Waals surface area contributed by atoms with Crippen molar-refractivity contribution in [3.05, 3.63) is 29.8 Å². The number of nitrogens with zero attached hydrogens (tertiary/aromatic N) is 3. The van der Waals surface area contributed by atoms with E-state index in [-0.39, 0.29) is 6.04 Å². The average molecular weight is 363 g/mol. The number of rotatable bonds is 7. The second kappa shape index (κ2) is 9.67. The van der Waals surface area contributed by atoms with Gasteiger partial charge in [-0.3, -0.25) is 4.90 Å². The molecule has 6 heteroatoms. The van der Waals surface area contributed by atoms with Gasteiger partial charge in [-0.25, -0.2) is 0 Å². The maximum Gasteiger partial charge on any atom is 0.123 e. The van der Waals surface area contributed by atoms with Crippen LogP contribution in [-0.4, -0.2) is 91.4 Å². The van der Waals surface area contributed by atoms with Gasteiger partial charge in [0.25, 0.3) is 0 Å². The molecule has 3 rings (SSSR count). The molecule has 2 aliphatic rings. The van der Waals surface area contributed by atoms with E-state index in [0.29, 0.717) is 6.54 Å². The molecule has 0 saturated carbocycles. The largest absolute Gasteiger partial charge is 0.493 e. The maximum atomic E-state index is 10.0. The highest BCUT2D eigenvalue weighted by atomic mass is 16.5. The molecule has 1 aromatic carbocycles. The molecule has 1 aromatic rings. The van der Waals surface area contributed by atoms with E-state index in [1.807, 2.05) is 6.07 Å². The summed E-state index contributed by atoms with van der Waals surface area (Å²) in [6.07, 6.45) is 1.46. The molecular weight excluding hydrogens is 328 g/mol. The van der Waals surface area contributed by atoms with Gasteiger partial charge in [0.1, 0.15) is 5.75 Å². The third-order valence-electron chi connectivity index (χ3n) is 5.56. The second-order valence-corrected chi connectivity index (χ2v) is 7.71. The van der Waals surface area contributed by atoms with Crippen LogP contribution in [0.15, 0.2) is 24.3 Å². The van der Waals surface area contributed by atoms with Crippen LogP contribution >= 0.6 is 0 Å². The first-order valence-corrected chi connectivity index (χ1v) is 9.89. The number of aliphatic hydroxyl groups excluding tert-OH is 1. The molecule has 6 nitrogen and oxygen atoms in total. The van der Waals surface area contributed by atoms with Crippen molar-refractivity contribution in [2.75, 3.05) is 59.5 Å². The minimum Gasteiger partial charge on any atom is -0.493 e. The van der Waals surface area contributed by atoms with E-state index in [9.17, 15) is 5.11 Å². The van der Waals surface area contributed by atoms with Crippen LogP contribution in [0.5, 0.6) is 5.75 Å². The number of nitrogens with two attached hydrogens (primary N) is 1. The number of benzene rings is 1. The summed E-state index contributed by atoms with van der Waals surface area (Å²) in [5.74, 6) is 0.968. The van der Waals surface area contributed by atoms with E-state index in [1.165, 1.54) is 5.56 Å². The Hall–Kier alpha value is -1.18. The summed E-state index contributed by atoms with van der Waals surface area (Å²) >= 11 is 0. The molecular formula is C20H34N4O2. The Morgan fingerprint density at radius 3 is 2.65 bits per heavy atom. The van der Waals surface area contributed by atoms with Gasteiger partial charge in [0, 0.05) is 64.0 Å². The first-order chi connectivity index (χ1) is 12.6. The van der Waals surface area contributed by atoms with Crippen LogP contribution in [0.25, 0.3) is 0 Å². The van der Waals surface area contributed by atoms with E-state index >= 15 is 0 Å². The van der Waals surface area contributed by atoms with Crippen LogP contribution in [0.4, 0.5) is 0 Å². The zero-order valence-corrected chi connectivity index (χ0v) is 16.0. The van der Waals surface area contributed by atoms with Gasteiger partial charge in [-0.05, 0) is 26.0 Å². The summed E-state index contributed by atoms with van der Waals surface area (Å²) in [7, 11) is 2.19. The molecule has 0 aliphatic carbocycles. The normalized spacial score (nSPS) is 26.1.